The van der Waals surface area contributed by atoms with E-state index in [2.05, 4.69) is 4.98 Å². The zero-order valence-electron chi connectivity index (χ0n) is 6.71. The highest BCUT2D eigenvalue weighted by Gasteiger charge is 2.13. The molecule has 1 aromatic heterocycles. The van der Waals surface area contributed by atoms with Crippen LogP contribution in [-0.4, -0.2) is 17.3 Å². The number of fused-ring (bicyclic) bond motifs is 1. The number of hydrogen-bond acceptors (Lipinski definition) is 3. The quantitative estimate of drug-likeness (QED) is 0.630. The van der Waals surface area contributed by atoms with Crippen LogP contribution in [0.5, 0.6) is 5.75 Å². The molecule has 1 aliphatic rings. The van der Waals surface area contributed by atoms with Crippen molar-refractivity contribution in [1.29, 1.82) is 5.41 Å². The van der Waals surface area contributed by atoms with E-state index in [9.17, 15) is 0 Å². The van der Waals surface area contributed by atoms with Gasteiger partial charge in [0, 0.05) is 6.20 Å². The van der Waals surface area contributed by atoms with Crippen LogP contribution in [0.25, 0.3) is 0 Å². The number of rotatable bonds is 0. The Labute approximate surface area is 70.9 Å². The lowest BCUT2D eigenvalue weighted by molar-refractivity contribution is 0.317. The molecule has 0 spiro atoms. The zero-order chi connectivity index (χ0) is 8.39. The van der Waals surface area contributed by atoms with Crippen LogP contribution in [0.15, 0.2) is 18.3 Å². The third-order valence-electron chi connectivity index (χ3n) is 1.89. The smallest absolute Gasteiger partial charge is 0.146 e. The number of nitrogens with zero attached hydrogens (tertiary/aromatic N) is 1. The third kappa shape index (κ3) is 1.18. The first-order valence-electron chi connectivity index (χ1n) is 4.03. The third-order valence-corrected chi connectivity index (χ3v) is 1.89. The van der Waals surface area contributed by atoms with Crippen molar-refractivity contribution < 1.29 is 4.74 Å². The van der Waals surface area contributed by atoms with Gasteiger partial charge in [0.25, 0.3) is 0 Å². The van der Waals surface area contributed by atoms with Gasteiger partial charge in [0.1, 0.15) is 11.4 Å². The molecule has 2 heterocycles. The van der Waals surface area contributed by atoms with E-state index in [0.29, 0.717) is 18.0 Å². The molecule has 0 atom stereocenters. The molecule has 1 N–H and O–H groups in total. The van der Waals surface area contributed by atoms with Crippen LogP contribution >= 0.6 is 0 Å². The molecule has 0 aromatic carbocycles. The second-order valence-electron chi connectivity index (χ2n) is 2.78. The molecule has 1 aromatic rings. The largest absolute Gasteiger partial charge is 0.491 e. The van der Waals surface area contributed by atoms with Gasteiger partial charge in [-0.3, -0.25) is 4.98 Å². The number of ether oxygens (including phenoxy) is 1. The summed E-state index contributed by atoms with van der Waals surface area (Å²) in [4.78, 5) is 4.11. The van der Waals surface area contributed by atoms with Gasteiger partial charge < -0.3 is 10.1 Å². The molecule has 0 aliphatic carbocycles. The van der Waals surface area contributed by atoms with E-state index in [-0.39, 0.29) is 0 Å². The Hall–Kier alpha value is -1.38. The van der Waals surface area contributed by atoms with Gasteiger partial charge in [0.15, 0.2) is 0 Å². The van der Waals surface area contributed by atoms with E-state index in [1.165, 1.54) is 0 Å². The van der Waals surface area contributed by atoms with Crippen molar-refractivity contribution in [3.63, 3.8) is 0 Å². The molecular weight excluding hydrogens is 152 g/mol. The van der Waals surface area contributed by atoms with E-state index in [0.717, 1.165) is 18.6 Å². The van der Waals surface area contributed by atoms with Gasteiger partial charge in [-0.1, -0.05) is 0 Å². The van der Waals surface area contributed by atoms with Crippen molar-refractivity contribution in [2.45, 2.75) is 12.8 Å². The van der Waals surface area contributed by atoms with Crippen molar-refractivity contribution in [1.82, 2.24) is 4.98 Å². The summed E-state index contributed by atoms with van der Waals surface area (Å²) in [6, 6.07) is 3.69. The minimum atomic E-state index is 0.586. The average Bonchev–Trinajstić information content (AvgIpc) is 2.29. The van der Waals surface area contributed by atoms with Crippen LogP contribution < -0.4 is 4.74 Å². The van der Waals surface area contributed by atoms with E-state index in [1.807, 2.05) is 12.1 Å². The molecule has 0 saturated heterocycles. The van der Waals surface area contributed by atoms with Crippen LogP contribution in [0.3, 0.4) is 0 Å². The van der Waals surface area contributed by atoms with Gasteiger partial charge in [-0.05, 0) is 25.0 Å². The molecule has 3 heteroatoms. The fraction of sp³-hybridized carbons (Fsp3) is 0.333. The standard InChI is InChI=1S/C9H10N2O/c10-7-3-2-6-12-8-4-1-5-11-9(7)8/h1,4-5,10H,2-3,6H2. The van der Waals surface area contributed by atoms with E-state index in [1.54, 1.807) is 6.20 Å². The number of hydrogen-bond donors (Lipinski definition) is 1. The molecule has 1 aliphatic heterocycles. The van der Waals surface area contributed by atoms with Crippen molar-refractivity contribution in [3.05, 3.63) is 24.0 Å². The molecule has 12 heavy (non-hydrogen) atoms. The van der Waals surface area contributed by atoms with Crippen LogP contribution in [-0.2, 0) is 0 Å². The molecular formula is C9H10N2O. The summed E-state index contributed by atoms with van der Waals surface area (Å²) in [7, 11) is 0. The van der Waals surface area contributed by atoms with Gasteiger partial charge in [-0.15, -0.1) is 0 Å². The fourth-order valence-corrected chi connectivity index (χ4v) is 1.28. The molecule has 3 nitrogen and oxygen atoms in total. The number of aromatic nitrogens is 1. The van der Waals surface area contributed by atoms with Gasteiger partial charge in [0.05, 0.1) is 12.3 Å². The summed E-state index contributed by atoms with van der Waals surface area (Å²) >= 11 is 0. The van der Waals surface area contributed by atoms with Crippen LogP contribution in [0.1, 0.15) is 18.5 Å². The maximum atomic E-state index is 7.67. The van der Waals surface area contributed by atoms with Crippen molar-refractivity contribution >= 4 is 5.71 Å². The Bertz CT molecular complexity index is 309. The lowest BCUT2D eigenvalue weighted by Crippen LogP contribution is -2.00. The van der Waals surface area contributed by atoms with Crippen LogP contribution in [0, 0.1) is 5.41 Å². The lowest BCUT2D eigenvalue weighted by atomic mass is 10.1. The van der Waals surface area contributed by atoms with Crippen LogP contribution in [0.2, 0.25) is 0 Å². The van der Waals surface area contributed by atoms with Crippen LogP contribution in [0.4, 0.5) is 0 Å². The Balaban J connectivity index is 2.46. The van der Waals surface area contributed by atoms with E-state index >= 15 is 0 Å². The van der Waals surface area contributed by atoms with Crippen molar-refractivity contribution in [3.8, 4) is 5.75 Å². The van der Waals surface area contributed by atoms with E-state index < -0.39 is 0 Å². The molecule has 0 saturated carbocycles. The van der Waals surface area contributed by atoms with Gasteiger partial charge in [-0.2, -0.15) is 0 Å². The summed E-state index contributed by atoms with van der Waals surface area (Å²) in [5.74, 6) is 0.750. The fourth-order valence-electron chi connectivity index (χ4n) is 1.28. The minimum Gasteiger partial charge on any atom is -0.491 e. The first-order chi connectivity index (χ1) is 5.88. The Morgan fingerprint density at radius 2 is 2.42 bits per heavy atom. The summed E-state index contributed by atoms with van der Waals surface area (Å²) in [6.07, 6.45) is 3.38. The Kier molecular flexibility index (Phi) is 1.78. The van der Waals surface area contributed by atoms with E-state index in [4.69, 9.17) is 10.1 Å². The number of nitrogens with one attached hydrogen (secondary N) is 1. The van der Waals surface area contributed by atoms with Crippen molar-refractivity contribution in [2.24, 2.45) is 0 Å². The number of pyridine rings is 1. The topological polar surface area (TPSA) is 46.0 Å². The first kappa shape index (κ1) is 7.28. The summed E-state index contributed by atoms with van der Waals surface area (Å²) < 4.78 is 5.42. The van der Waals surface area contributed by atoms with Gasteiger partial charge in [0.2, 0.25) is 0 Å². The highest BCUT2D eigenvalue weighted by Crippen LogP contribution is 2.20. The van der Waals surface area contributed by atoms with Gasteiger partial charge in [-0.25, -0.2) is 0 Å². The molecule has 0 fully saturated rings. The first-order valence-corrected chi connectivity index (χ1v) is 4.03. The predicted octanol–water partition coefficient (Wildman–Crippen LogP) is 1.62. The Morgan fingerprint density at radius 3 is 3.33 bits per heavy atom. The molecule has 0 amide bonds. The normalized spacial score (nSPS) is 16.2. The van der Waals surface area contributed by atoms with Gasteiger partial charge >= 0.3 is 0 Å². The lowest BCUT2D eigenvalue weighted by Gasteiger charge is -2.03. The second-order valence-corrected chi connectivity index (χ2v) is 2.78. The molecule has 2 rings (SSSR count). The second kappa shape index (κ2) is 2.93. The maximum Gasteiger partial charge on any atom is 0.146 e. The summed E-state index contributed by atoms with van der Waals surface area (Å²) in [5.41, 5.74) is 1.29. The highest BCUT2D eigenvalue weighted by atomic mass is 16.5. The molecule has 0 bridgehead atoms. The summed E-state index contributed by atoms with van der Waals surface area (Å²) in [5, 5.41) is 7.67. The Morgan fingerprint density at radius 1 is 1.50 bits per heavy atom. The SMILES string of the molecule is N=C1CCCOc2cccnc21. The predicted molar refractivity (Wildman–Crippen MR) is 45.8 cm³/mol. The average molecular weight is 162 g/mol. The highest BCUT2D eigenvalue weighted by molar-refractivity contribution is 5.98. The monoisotopic (exact) mass is 162 g/mol. The molecule has 0 radical (unpaired) electrons. The maximum absolute atomic E-state index is 7.67. The molecule has 0 unspecified atom stereocenters. The minimum absolute atomic E-state index is 0.586. The summed E-state index contributed by atoms with van der Waals surface area (Å²) in [6.45, 7) is 0.696. The molecule has 62 valence electrons. The van der Waals surface area contributed by atoms with Crippen molar-refractivity contribution in [2.75, 3.05) is 6.61 Å². The zero-order valence-corrected chi connectivity index (χ0v) is 6.71.